The van der Waals surface area contributed by atoms with Crippen LogP contribution in [0.2, 0.25) is 0 Å². The highest BCUT2D eigenvalue weighted by molar-refractivity contribution is 7.98. The molecular weight excluding hydrogens is 362 g/mol. The number of hydrogen-bond donors (Lipinski definition) is 0. The molecule has 0 aliphatic carbocycles. The van der Waals surface area contributed by atoms with Gasteiger partial charge in [-0.25, -0.2) is 9.97 Å². The Labute approximate surface area is 163 Å². The van der Waals surface area contributed by atoms with E-state index in [4.69, 9.17) is 14.1 Å². The fraction of sp³-hybridized carbons (Fsp3) is 0.450. The molecule has 3 aromatic rings. The minimum Gasteiger partial charge on any atom is -0.445 e. The van der Waals surface area contributed by atoms with Gasteiger partial charge in [-0.1, -0.05) is 23.9 Å². The molecule has 2 heterocycles. The Morgan fingerprint density at radius 2 is 2.00 bits per heavy atom. The highest BCUT2D eigenvalue weighted by Gasteiger charge is 2.13. The van der Waals surface area contributed by atoms with E-state index in [2.05, 4.69) is 4.98 Å². The quantitative estimate of drug-likeness (QED) is 0.329. The van der Waals surface area contributed by atoms with Crippen molar-refractivity contribution in [2.24, 2.45) is 0 Å². The van der Waals surface area contributed by atoms with Gasteiger partial charge in [0, 0.05) is 13.2 Å². The van der Waals surface area contributed by atoms with E-state index in [1.54, 1.807) is 4.57 Å². The van der Waals surface area contributed by atoms with Crippen molar-refractivity contribution in [3.8, 4) is 0 Å². The Kier molecular flexibility index (Phi) is 6.34. The van der Waals surface area contributed by atoms with Crippen molar-refractivity contribution in [3.05, 3.63) is 52.0 Å². The molecule has 27 heavy (non-hydrogen) atoms. The van der Waals surface area contributed by atoms with Crippen LogP contribution < -0.4 is 5.56 Å². The van der Waals surface area contributed by atoms with Crippen LogP contribution in [-0.4, -0.2) is 27.2 Å². The number of aryl methyl sites for hydroxylation is 2. The molecule has 0 radical (unpaired) electrons. The zero-order valence-corrected chi connectivity index (χ0v) is 17.0. The molecule has 0 aliphatic rings. The molecular formula is C20H25N3O3S. The number of hydrogen-bond acceptors (Lipinski definition) is 6. The van der Waals surface area contributed by atoms with Gasteiger partial charge in [0.2, 0.25) is 5.89 Å². The first-order valence-corrected chi connectivity index (χ1v) is 10.1. The second-order valence-corrected chi connectivity index (χ2v) is 7.62. The lowest BCUT2D eigenvalue weighted by Crippen LogP contribution is -2.24. The third-order valence-corrected chi connectivity index (χ3v) is 5.16. The van der Waals surface area contributed by atoms with Crippen LogP contribution in [0.4, 0.5) is 0 Å². The first-order chi connectivity index (χ1) is 13.0. The Morgan fingerprint density at radius 1 is 1.22 bits per heavy atom. The van der Waals surface area contributed by atoms with Crippen LogP contribution in [0.25, 0.3) is 10.9 Å². The number of fused-ring (bicyclic) bond motifs is 1. The Bertz CT molecular complexity index is 959. The van der Waals surface area contributed by atoms with Crippen molar-refractivity contribution < 1.29 is 9.15 Å². The van der Waals surface area contributed by atoms with Crippen LogP contribution in [-0.2, 0) is 17.0 Å². The highest BCUT2D eigenvalue weighted by atomic mass is 32.2. The third-order valence-electron chi connectivity index (χ3n) is 4.20. The molecule has 6 nitrogen and oxygen atoms in total. The summed E-state index contributed by atoms with van der Waals surface area (Å²) in [7, 11) is 0. The first kappa shape index (κ1) is 19.6. The maximum atomic E-state index is 13.0. The summed E-state index contributed by atoms with van der Waals surface area (Å²) in [6.07, 6.45) is 0.935. The van der Waals surface area contributed by atoms with Crippen LogP contribution >= 0.6 is 11.8 Å². The first-order valence-electron chi connectivity index (χ1n) is 9.12. The van der Waals surface area contributed by atoms with Gasteiger partial charge in [0.05, 0.1) is 28.5 Å². The van der Waals surface area contributed by atoms with E-state index in [1.165, 1.54) is 11.8 Å². The van der Waals surface area contributed by atoms with Crippen molar-refractivity contribution in [2.75, 3.05) is 6.61 Å². The zero-order valence-electron chi connectivity index (χ0n) is 16.2. The number of rotatable bonds is 8. The smallest absolute Gasteiger partial charge is 0.262 e. The molecule has 0 saturated heterocycles. The van der Waals surface area contributed by atoms with Gasteiger partial charge in [0.25, 0.3) is 5.56 Å². The minimum absolute atomic E-state index is 0.0209. The second kappa shape index (κ2) is 8.71. The van der Waals surface area contributed by atoms with Gasteiger partial charge in [-0.15, -0.1) is 0 Å². The zero-order chi connectivity index (χ0) is 19.4. The van der Waals surface area contributed by atoms with Crippen LogP contribution in [0.3, 0.4) is 0 Å². The summed E-state index contributed by atoms with van der Waals surface area (Å²) in [6.45, 7) is 9.01. The van der Waals surface area contributed by atoms with E-state index in [-0.39, 0.29) is 11.7 Å². The van der Waals surface area contributed by atoms with Gasteiger partial charge in [0.1, 0.15) is 5.76 Å². The van der Waals surface area contributed by atoms with E-state index >= 15 is 0 Å². The predicted molar refractivity (Wildman–Crippen MR) is 107 cm³/mol. The van der Waals surface area contributed by atoms with Crippen molar-refractivity contribution >= 4 is 22.7 Å². The lowest BCUT2D eigenvalue weighted by molar-refractivity contribution is 0.0743. The summed E-state index contributed by atoms with van der Waals surface area (Å²) in [5, 5.41) is 1.31. The number of nitrogens with zero attached hydrogens (tertiary/aromatic N) is 3. The molecule has 2 aromatic heterocycles. The van der Waals surface area contributed by atoms with Gasteiger partial charge in [-0.3, -0.25) is 9.36 Å². The summed E-state index contributed by atoms with van der Waals surface area (Å²) in [5.41, 5.74) is 1.58. The fourth-order valence-corrected chi connectivity index (χ4v) is 3.59. The maximum absolute atomic E-state index is 13.0. The predicted octanol–water partition coefficient (Wildman–Crippen LogP) is 4.11. The second-order valence-electron chi connectivity index (χ2n) is 6.68. The largest absolute Gasteiger partial charge is 0.445 e. The van der Waals surface area contributed by atoms with Crippen LogP contribution in [0.5, 0.6) is 0 Å². The molecule has 0 amide bonds. The Balaban J connectivity index is 1.86. The van der Waals surface area contributed by atoms with Gasteiger partial charge in [-0.05, 0) is 46.2 Å². The standard InChI is InChI=1S/C20H25N3O3S/c1-13(2)25-11-7-10-23-19(24)16-8-5-6-9-17(16)22-20(23)27-12-18-21-14(3)15(4)26-18/h5-6,8-9,13H,7,10-12H2,1-4H3. The van der Waals surface area contributed by atoms with E-state index in [1.807, 2.05) is 52.0 Å². The Hall–Kier alpha value is -2.12. The lowest BCUT2D eigenvalue weighted by atomic mass is 10.2. The summed E-state index contributed by atoms with van der Waals surface area (Å²) in [5.74, 6) is 1.99. The lowest BCUT2D eigenvalue weighted by Gasteiger charge is -2.13. The fourth-order valence-electron chi connectivity index (χ4n) is 2.72. The molecule has 0 saturated carbocycles. The van der Waals surface area contributed by atoms with Crippen LogP contribution in [0, 0.1) is 13.8 Å². The SMILES string of the molecule is Cc1nc(CSc2nc3ccccc3c(=O)n2CCCOC(C)C)oc1C. The van der Waals surface area contributed by atoms with Crippen molar-refractivity contribution in [1.29, 1.82) is 0 Å². The molecule has 144 valence electrons. The van der Waals surface area contributed by atoms with E-state index in [0.29, 0.717) is 40.9 Å². The van der Waals surface area contributed by atoms with E-state index in [9.17, 15) is 4.79 Å². The summed E-state index contributed by atoms with van der Waals surface area (Å²) < 4.78 is 13.0. The van der Waals surface area contributed by atoms with Crippen LogP contribution in [0.1, 0.15) is 37.6 Å². The molecule has 0 aliphatic heterocycles. The third kappa shape index (κ3) is 4.78. The molecule has 7 heteroatoms. The minimum atomic E-state index is -0.0209. The average Bonchev–Trinajstić information content (AvgIpc) is 2.96. The molecule has 0 spiro atoms. The summed E-state index contributed by atoms with van der Waals surface area (Å²) >= 11 is 1.47. The van der Waals surface area contributed by atoms with E-state index in [0.717, 1.165) is 17.9 Å². The molecule has 3 rings (SSSR count). The number of aromatic nitrogens is 3. The maximum Gasteiger partial charge on any atom is 0.262 e. The van der Waals surface area contributed by atoms with E-state index < -0.39 is 0 Å². The molecule has 0 unspecified atom stereocenters. The number of benzene rings is 1. The van der Waals surface area contributed by atoms with Crippen molar-refractivity contribution in [3.63, 3.8) is 0 Å². The molecule has 0 N–H and O–H groups in total. The topological polar surface area (TPSA) is 70.2 Å². The highest BCUT2D eigenvalue weighted by Crippen LogP contribution is 2.23. The number of thioether (sulfide) groups is 1. The summed E-state index contributed by atoms with van der Waals surface area (Å²) in [4.78, 5) is 22.1. The summed E-state index contributed by atoms with van der Waals surface area (Å²) in [6, 6.07) is 7.45. The van der Waals surface area contributed by atoms with Gasteiger partial charge >= 0.3 is 0 Å². The van der Waals surface area contributed by atoms with Crippen LogP contribution in [0.15, 0.2) is 38.6 Å². The molecule has 0 fully saturated rings. The average molecular weight is 388 g/mol. The molecule has 0 bridgehead atoms. The number of para-hydroxylation sites is 1. The monoisotopic (exact) mass is 387 g/mol. The van der Waals surface area contributed by atoms with Gasteiger partial charge in [-0.2, -0.15) is 0 Å². The Morgan fingerprint density at radius 3 is 2.70 bits per heavy atom. The normalized spacial score (nSPS) is 11.6. The number of ether oxygens (including phenoxy) is 1. The van der Waals surface area contributed by atoms with Gasteiger partial charge < -0.3 is 9.15 Å². The molecule has 1 aromatic carbocycles. The van der Waals surface area contributed by atoms with Crippen molar-refractivity contribution in [1.82, 2.24) is 14.5 Å². The number of oxazole rings is 1. The molecule has 0 atom stereocenters. The van der Waals surface area contributed by atoms with Gasteiger partial charge in [0.15, 0.2) is 5.16 Å². The van der Waals surface area contributed by atoms with Crippen molar-refractivity contribution in [2.45, 2.75) is 57.7 Å².